The van der Waals surface area contributed by atoms with Crippen LogP contribution in [0.4, 0.5) is 0 Å². The fourth-order valence-corrected chi connectivity index (χ4v) is 3.46. The smallest absolute Gasteiger partial charge is 0.236 e. The predicted octanol–water partition coefficient (Wildman–Crippen LogP) is 0.601. The Kier molecular flexibility index (Phi) is 9.18. The molecule has 2 saturated heterocycles. The van der Waals surface area contributed by atoms with E-state index in [0.29, 0.717) is 13.1 Å². The molecule has 150 valence electrons. The number of rotatable bonds is 6. The molecule has 2 heterocycles. The van der Waals surface area contributed by atoms with E-state index in [1.165, 1.54) is 12.8 Å². The second kappa shape index (κ2) is 11.4. The summed E-state index contributed by atoms with van der Waals surface area (Å²) in [5.41, 5.74) is 0. The topological polar surface area (TPSA) is 71.4 Å². The summed E-state index contributed by atoms with van der Waals surface area (Å²) in [7, 11) is 0. The fraction of sp³-hybridized carbons (Fsp3) is 0.895. The third-order valence-corrected chi connectivity index (χ3v) is 5.19. The summed E-state index contributed by atoms with van der Waals surface area (Å²) in [5, 5.41) is 12.5. The Bertz CT molecular complexity index is 441. The van der Waals surface area contributed by atoms with Crippen molar-refractivity contribution in [1.29, 1.82) is 0 Å². The van der Waals surface area contributed by atoms with Gasteiger partial charge in [0.15, 0.2) is 5.96 Å². The minimum atomic E-state index is 0.162. The number of nitrogens with zero attached hydrogens (tertiary/aromatic N) is 4. The predicted molar refractivity (Wildman–Crippen MR) is 105 cm³/mol. The minimum Gasteiger partial charge on any atom is -0.396 e. The molecule has 1 unspecified atom stereocenters. The molecule has 0 aromatic heterocycles. The first kappa shape index (κ1) is 21.0. The van der Waals surface area contributed by atoms with E-state index in [2.05, 4.69) is 31.9 Å². The molecule has 1 amide bonds. The summed E-state index contributed by atoms with van der Waals surface area (Å²) in [4.78, 5) is 23.8. The Balaban J connectivity index is 1.79. The average molecular weight is 368 g/mol. The minimum absolute atomic E-state index is 0.162. The third kappa shape index (κ3) is 6.76. The molecule has 26 heavy (non-hydrogen) atoms. The standard InChI is InChI=1S/C19H37N5O2/c1-3-20-19(21-14-17(2)16-25)24-12-10-22(11-13-24)15-18(26)23-8-6-4-5-7-9-23/h17,25H,3-16H2,1-2H3,(H,20,21). The van der Waals surface area contributed by atoms with Crippen LogP contribution < -0.4 is 5.32 Å². The number of piperazine rings is 1. The SMILES string of the molecule is CCNC(=NCC(C)CO)N1CCN(CC(=O)N2CCCCCC2)CC1. The molecule has 0 aromatic carbocycles. The van der Waals surface area contributed by atoms with Crippen LogP contribution in [0.25, 0.3) is 0 Å². The van der Waals surface area contributed by atoms with Crippen molar-refractivity contribution >= 4 is 11.9 Å². The van der Waals surface area contributed by atoms with E-state index in [9.17, 15) is 9.90 Å². The Labute approximate surface area is 158 Å². The molecule has 0 aliphatic carbocycles. The number of aliphatic hydroxyl groups is 1. The Morgan fingerprint density at radius 2 is 1.69 bits per heavy atom. The molecule has 0 saturated carbocycles. The molecule has 0 aromatic rings. The maximum Gasteiger partial charge on any atom is 0.236 e. The van der Waals surface area contributed by atoms with Gasteiger partial charge in [-0.1, -0.05) is 19.8 Å². The van der Waals surface area contributed by atoms with Crippen molar-refractivity contribution in [3.8, 4) is 0 Å². The van der Waals surface area contributed by atoms with E-state index < -0.39 is 0 Å². The molecule has 0 radical (unpaired) electrons. The lowest BCUT2D eigenvalue weighted by atomic mass is 10.2. The zero-order valence-electron chi connectivity index (χ0n) is 16.6. The lowest BCUT2D eigenvalue weighted by molar-refractivity contribution is -0.132. The highest BCUT2D eigenvalue weighted by Crippen LogP contribution is 2.11. The molecule has 7 nitrogen and oxygen atoms in total. The van der Waals surface area contributed by atoms with Gasteiger partial charge in [0.1, 0.15) is 0 Å². The Morgan fingerprint density at radius 3 is 2.27 bits per heavy atom. The first-order valence-corrected chi connectivity index (χ1v) is 10.3. The number of hydrogen-bond donors (Lipinski definition) is 2. The summed E-state index contributed by atoms with van der Waals surface area (Å²) >= 11 is 0. The molecule has 2 aliphatic heterocycles. The van der Waals surface area contributed by atoms with Gasteiger partial charge in [-0.3, -0.25) is 14.7 Å². The molecule has 2 rings (SSSR count). The first-order chi connectivity index (χ1) is 12.6. The van der Waals surface area contributed by atoms with Gasteiger partial charge in [-0.2, -0.15) is 0 Å². The summed E-state index contributed by atoms with van der Waals surface area (Å²) in [6.45, 7) is 11.6. The van der Waals surface area contributed by atoms with Crippen LogP contribution in [0.1, 0.15) is 39.5 Å². The molecule has 7 heteroatoms. The molecule has 2 fully saturated rings. The fourth-order valence-electron chi connectivity index (χ4n) is 3.46. The summed E-state index contributed by atoms with van der Waals surface area (Å²) in [6.07, 6.45) is 4.80. The van der Waals surface area contributed by atoms with Gasteiger partial charge in [0.2, 0.25) is 5.91 Å². The van der Waals surface area contributed by atoms with Crippen LogP contribution in [0.15, 0.2) is 4.99 Å². The van der Waals surface area contributed by atoms with Crippen molar-refractivity contribution in [2.45, 2.75) is 39.5 Å². The van der Waals surface area contributed by atoms with E-state index in [-0.39, 0.29) is 18.4 Å². The van der Waals surface area contributed by atoms with Gasteiger partial charge in [-0.05, 0) is 25.7 Å². The van der Waals surface area contributed by atoms with Crippen LogP contribution >= 0.6 is 0 Å². The summed E-state index contributed by atoms with van der Waals surface area (Å²) in [6, 6.07) is 0. The van der Waals surface area contributed by atoms with E-state index in [0.717, 1.165) is 64.6 Å². The maximum absolute atomic E-state index is 12.6. The molecular weight excluding hydrogens is 330 g/mol. The highest BCUT2D eigenvalue weighted by Gasteiger charge is 2.23. The number of likely N-dealkylation sites (tertiary alicyclic amines) is 1. The van der Waals surface area contributed by atoms with E-state index in [4.69, 9.17) is 0 Å². The lowest BCUT2D eigenvalue weighted by Gasteiger charge is -2.37. The number of hydrogen-bond acceptors (Lipinski definition) is 4. The molecule has 0 spiro atoms. The molecule has 2 aliphatic rings. The number of amides is 1. The normalized spacial score (nSPS) is 21.4. The zero-order chi connectivity index (χ0) is 18.8. The van der Waals surface area contributed by atoms with E-state index >= 15 is 0 Å². The number of aliphatic imine (C=N–C) groups is 1. The van der Waals surface area contributed by atoms with E-state index in [1.807, 2.05) is 6.92 Å². The quantitative estimate of drug-likeness (QED) is 0.531. The van der Waals surface area contributed by atoms with Crippen molar-refractivity contribution < 1.29 is 9.90 Å². The van der Waals surface area contributed by atoms with Crippen LogP contribution in [0.3, 0.4) is 0 Å². The van der Waals surface area contributed by atoms with Gasteiger partial charge < -0.3 is 20.2 Å². The van der Waals surface area contributed by atoms with Crippen molar-refractivity contribution in [2.24, 2.45) is 10.9 Å². The number of carbonyl (C=O) groups excluding carboxylic acids is 1. The van der Waals surface area contributed by atoms with Crippen LogP contribution in [0, 0.1) is 5.92 Å². The number of nitrogens with one attached hydrogen (secondary N) is 1. The third-order valence-electron chi connectivity index (χ3n) is 5.19. The van der Waals surface area contributed by atoms with Crippen LogP contribution in [-0.2, 0) is 4.79 Å². The molecule has 0 bridgehead atoms. The molecule has 1 atom stereocenters. The average Bonchev–Trinajstić information content (AvgIpc) is 2.95. The number of guanidine groups is 1. The van der Waals surface area contributed by atoms with Crippen molar-refractivity contribution in [3.63, 3.8) is 0 Å². The van der Waals surface area contributed by atoms with Crippen LogP contribution in [-0.4, -0.2) is 97.2 Å². The van der Waals surface area contributed by atoms with Crippen molar-refractivity contribution in [3.05, 3.63) is 0 Å². The van der Waals surface area contributed by atoms with Gasteiger partial charge in [0.25, 0.3) is 0 Å². The van der Waals surface area contributed by atoms with Gasteiger partial charge >= 0.3 is 0 Å². The Morgan fingerprint density at radius 1 is 1.04 bits per heavy atom. The lowest BCUT2D eigenvalue weighted by Crippen LogP contribution is -2.54. The summed E-state index contributed by atoms with van der Waals surface area (Å²) < 4.78 is 0. The second-order valence-corrected chi connectivity index (χ2v) is 7.54. The zero-order valence-corrected chi connectivity index (χ0v) is 16.6. The first-order valence-electron chi connectivity index (χ1n) is 10.3. The highest BCUT2D eigenvalue weighted by atomic mass is 16.3. The van der Waals surface area contributed by atoms with Gasteiger partial charge in [-0.15, -0.1) is 0 Å². The second-order valence-electron chi connectivity index (χ2n) is 7.54. The highest BCUT2D eigenvalue weighted by molar-refractivity contribution is 5.80. The van der Waals surface area contributed by atoms with E-state index in [1.54, 1.807) is 0 Å². The maximum atomic E-state index is 12.6. The van der Waals surface area contributed by atoms with Gasteiger partial charge in [0.05, 0.1) is 6.54 Å². The van der Waals surface area contributed by atoms with Crippen LogP contribution in [0.2, 0.25) is 0 Å². The van der Waals surface area contributed by atoms with Crippen molar-refractivity contribution in [1.82, 2.24) is 20.0 Å². The Hall–Kier alpha value is -1.34. The number of carbonyl (C=O) groups is 1. The number of aliphatic hydroxyl groups excluding tert-OH is 1. The van der Waals surface area contributed by atoms with Gasteiger partial charge in [-0.25, -0.2) is 0 Å². The van der Waals surface area contributed by atoms with Gasteiger partial charge in [0, 0.05) is 59.0 Å². The summed E-state index contributed by atoms with van der Waals surface area (Å²) in [5.74, 6) is 1.39. The monoisotopic (exact) mass is 367 g/mol. The largest absolute Gasteiger partial charge is 0.396 e. The molecular formula is C19H37N5O2. The van der Waals surface area contributed by atoms with Crippen LogP contribution in [0.5, 0.6) is 0 Å². The van der Waals surface area contributed by atoms with Crippen molar-refractivity contribution in [2.75, 3.05) is 65.5 Å². The molecule has 2 N–H and O–H groups in total.